The van der Waals surface area contributed by atoms with Crippen molar-refractivity contribution in [2.45, 2.75) is 38.3 Å². The number of nitrogens with one attached hydrogen (secondary N) is 1. The number of nitrogens with zero attached hydrogens (tertiary/aromatic N) is 1. The molecule has 1 aromatic heterocycles. The van der Waals surface area contributed by atoms with E-state index in [1.807, 2.05) is 37.3 Å². The van der Waals surface area contributed by atoms with Crippen molar-refractivity contribution in [1.29, 1.82) is 0 Å². The van der Waals surface area contributed by atoms with Gasteiger partial charge in [-0.05, 0) is 49.6 Å². The number of thiazole rings is 1. The fourth-order valence-electron chi connectivity index (χ4n) is 3.79. The second kappa shape index (κ2) is 8.92. The molecule has 4 nitrogen and oxygen atoms in total. The number of halogens is 2. The summed E-state index contributed by atoms with van der Waals surface area (Å²) in [4.78, 5) is 17.9. The van der Waals surface area contributed by atoms with Crippen molar-refractivity contribution in [2.75, 3.05) is 0 Å². The zero-order chi connectivity index (χ0) is 21.1. The second-order valence-electron chi connectivity index (χ2n) is 7.36. The molecule has 7 heteroatoms. The van der Waals surface area contributed by atoms with Crippen LogP contribution in [0.1, 0.15) is 42.3 Å². The van der Waals surface area contributed by atoms with Gasteiger partial charge in [-0.25, -0.2) is 4.98 Å². The Labute approximate surface area is 177 Å². The van der Waals surface area contributed by atoms with Crippen LogP contribution in [-0.2, 0) is 4.79 Å². The quantitative estimate of drug-likeness (QED) is 0.503. The van der Waals surface area contributed by atoms with Crippen LogP contribution in [0.5, 0.6) is 5.75 Å². The summed E-state index contributed by atoms with van der Waals surface area (Å²) >= 11 is 1.64. The lowest BCUT2D eigenvalue weighted by Gasteiger charge is -2.27. The molecular weight excluding hydrogens is 406 g/mol. The number of alkyl halides is 2. The number of benzene rings is 2. The summed E-state index contributed by atoms with van der Waals surface area (Å²) in [5.74, 6) is -0.181. The predicted molar refractivity (Wildman–Crippen MR) is 114 cm³/mol. The molecule has 4 rings (SSSR count). The smallest absolute Gasteiger partial charge is 0.387 e. The van der Waals surface area contributed by atoms with Crippen LogP contribution in [0.4, 0.5) is 8.78 Å². The van der Waals surface area contributed by atoms with E-state index >= 15 is 0 Å². The molecule has 1 aliphatic carbocycles. The first-order valence-corrected chi connectivity index (χ1v) is 10.7. The fraction of sp³-hybridized carbons (Fsp3) is 0.304. The van der Waals surface area contributed by atoms with Gasteiger partial charge in [-0.2, -0.15) is 8.78 Å². The summed E-state index contributed by atoms with van der Waals surface area (Å²) < 4.78 is 30.6. The molecule has 2 aromatic carbocycles. The number of hydrogen-bond acceptors (Lipinski definition) is 4. The van der Waals surface area contributed by atoms with E-state index in [4.69, 9.17) is 4.98 Å². The Morgan fingerprint density at radius 1 is 1.17 bits per heavy atom. The molecule has 30 heavy (non-hydrogen) atoms. The SMILES string of the molecule is CC(NC(=O)C1CC=CCC1c1nc2ccccc2s1)c1cccc(OC(F)F)c1. The van der Waals surface area contributed by atoms with Crippen molar-refractivity contribution in [1.82, 2.24) is 10.3 Å². The number of carbonyl (C=O) groups is 1. The monoisotopic (exact) mass is 428 g/mol. The van der Waals surface area contributed by atoms with Gasteiger partial charge in [-0.3, -0.25) is 4.79 Å². The normalized spacial score (nSPS) is 19.7. The van der Waals surface area contributed by atoms with E-state index in [0.29, 0.717) is 12.0 Å². The molecule has 1 heterocycles. The van der Waals surface area contributed by atoms with Gasteiger partial charge in [0.1, 0.15) is 5.75 Å². The third-order valence-electron chi connectivity index (χ3n) is 5.34. The number of ether oxygens (including phenoxy) is 1. The highest BCUT2D eigenvalue weighted by Gasteiger charge is 2.33. The Morgan fingerprint density at radius 2 is 1.97 bits per heavy atom. The molecule has 1 amide bonds. The lowest BCUT2D eigenvalue weighted by Crippen LogP contribution is -2.36. The summed E-state index contributed by atoms with van der Waals surface area (Å²) in [7, 11) is 0. The molecule has 0 saturated heterocycles. The number of para-hydroxylation sites is 1. The van der Waals surface area contributed by atoms with Crippen LogP contribution in [-0.4, -0.2) is 17.5 Å². The van der Waals surface area contributed by atoms with Gasteiger partial charge in [0.2, 0.25) is 5.91 Å². The van der Waals surface area contributed by atoms with Crippen molar-refractivity contribution in [3.8, 4) is 5.75 Å². The van der Waals surface area contributed by atoms with Crippen molar-refractivity contribution in [3.05, 3.63) is 71.3 Å². The van der Waals surface area contributed by atoms with Gasteiger partial charge in [0.15, 0.2) is 0 Å². The van der Waals surface area contributed by atoms with Gasteiger partial charge in [-0.15, -0.1) is 11.3 Å². The molecule has 1 aliphatic rings. The molecule has 3 atom stereocenters. The molecule has 1 N–H and O–H groups in total. The third-order valence-corrected chi connectivity index (χ3v) is 6.51. The minimum absolute atomic E-state index is 0.0214. The van der Waals surface area contributed by atoms with E-state index < -0.39 is 6.61 Å². The highest BCUT2D eigenvalue weighted by molar-refractivity contribution is 7.18. The fourth-order valence-corrected chi connectivity index (χ4v) is 4.94. The minimum atomic E-state index is -2.88. The maximum Gasteiger partial charge on any atom is 0.387 e. The zero-order valence-electron chi connectivity index (χ0n) is 16.4. The Bertz CT molecular complexity index is 1030. The number of fused-ring (bicyclic) bond motifs is 1. The standard InChI is InChI=1S/C23H22F2N2O2S/c1-14(15-7-6-8-16(13-15)29-23(24)25)26-21(28)17-9-2-3-10-18(17)22-27-19-11-4-5-12-20(19)30-22/h2-8,11-14,17-18,23H,9-10H2,1H3,(H,26,28). The Hall–Kier alpha value is -2.80. The van der Waals surface area contributed by atoms with Gasteiger partial charge in [0.25, 0.3) is 0 Å². The Balaban J connectivity index is 1.50. The molecule has 3 unspecified atom stereocenters. The molecule has 0 fully saturated rings. The van der Waals surface area contributed by atoms with Gasteiger partial charge >= 0.3 is 6.61 Å². The average molecular weight is 429 g/mol. The largest absolute Gasteiger partial charge is 0.435 e. The number of hydrogen-bond donors (Lipinski definition) is 1. The zero-order valence-corrected chi connectivity index (χ0v) is 17.2. The first-order chi connectivity index (χ1) is 14.5. The highest BCUT2D eigenvalue weighted by Crippen LogP contribution is 2.39. The molecular formula is C23H22F2N2O2S. The van der Waals surface area contributed by atoms with E-state index in [1.165, 1.54) is 12.1 Å². The van der Waals surface area contributed by atoms with Crippen LogP contribution in [0.3, 0.4) is 0 Å². The van der Waals surface area contributed by atoms with E-state index in [2.05, 4.69) is 16.1 Å². The summed E-state index contributed by atoms with van der Waals surface area (Å²) in [6, 6.07) is 14.1. The molecule has 0 bridgehead atoms. The molecule has 3 aromatic rings. The summed E-state index contributed by atoms with van der Waals surface area (Å²) in [6.45, 7) is -1.04. The lowest BCUT2D eigenvalue weighted by atomic mass is 9.82. The third kappa shape index (κ3) is 4.51. The van der Waals surface area contributed by atoms with Gasteiger partial charge < -0.3 is 10.1 Å². The summed E-state index contributed by atoms with van der Waals surface area (Å²) in [5.41, 5.74) is 1.67. The maximum atomic E-state index is 13.1. The number of carbonyl (C=O) groups excluding carboxylic acids is 1. The molecule has 156 valence electrons. The highest BCUT2D eigenvalue weighted by atomic mass is 32.1. The van der Waals surface area contributed by atoms with Crippen LogP contribution in [0.2, 0.25) is 0 Å². The molecule has 0 saturated carbocycles. The Kier molecular flexibility index (Phi) is 6.08. The van der Waals surface area contributed by atoms with Crippen LogP contribution in [0.25, 0.3) is 10.2 Å². The van der Waals surface area contributed by atoms with Gasteiger partial charge in [0.05, 0.1) is 27.2 Å². The van der Waals surface area contributed by atoms with E-state index in [0.717, 1.165) is 21.6 Å². The van der Waals surface area contributed by atoms with Crippen molar-refractivity contribution in [2.24, 2.45) is 5.92 Å². The topological polar surface area (TPSA) is 51.2 Å². The first kappa shape index (κ1) is 20.5. The molecule has 0 radical (unpaired) electrons. The second-order valence-corrected chi connectivity index (χ2v) is 8.42. The maximum absolute atomic E-state index is 13.1. The van der Waals surface area contributed by atoms with Crippen LogP contribution < -0.4 is 10.1 Å². The van der Waals surface area contributed by atoms with Gasteiger partial charge in [-0.1, -0.05) is 36.4 Å². The van der Waals surface area contributed by atoms with Crippen LogP contribution >= 0.6 is 11.3 Å². The Morgan fingerprint density at radius 3 is 2.77 bits per heavy atom. The average Bonchev–Trinajstić information content (AvgIpc) is 3.17. The molecule has 0 aliphatic heterocycles. The first-order valence-electron chi connectivity index (χ1n) is 9.87. The van der Waals surface area contributed by atoms with Crippen LogP contribution in [0, 0.1) is 5.92 Å². The van der Waals surface area contributed by atoms with Crippen molar-refractivity contribution >= 4 is 27.5 Å². The molecule has 0 spiro atoms. The van der Waals surface area contributed by atoms with Crippen molar-refractivity contribution in [3.63, 3.8) is 0 Å². The number of rotatable bonds is 6. The van der Waals surface area contributed by atoms with Crippen LogP contribution in [0.15, 0.2) is 60.7 Å². The van der Waals surface area contributed by atoms with E-state index in [9.17, 15) is 13.6 Å². The number of amides is 1. The number of aromatic nitrogens is 1. The summed E-state index contributed by atoms with van der Waals surface area (Å²) in [5, 5.41) is 4.01. The van der Waals surface area contributed by atoms with Gasteiger partial charge in [0, 0.05) is 5.92 Å². The van der Waals surface area contributed by atoms with E-state index in [1.54, 1.807) is 23.5 Å². The predicted octanol–water partition coefficient (Wildman–Crippen LogP) is 5.82. The van der Waals surface area contributed by atoms with Crippen molar-refractivity contribution < 1.29 is 18.3 Å². The minimum Gasteiger partial charge on any atom is -0.435 e. The summed E-state index contributed by atoms with van der Waals surface area (Å²) in [6.07, 6.45) is 5.56. The lowest BCUT2D eigenvalue weighted by molar-refractivity contribution is -0.126. The number of allylic oxidation sites excluding steroid dienone is 2. The van der Waals surface area contributed by atoms with E-state index in [-0.39, 0.29) is 29.5 Å².